The van der Waals surface area contributed by atoms with Crippen molar-refractivity contribution in [2.45, 2.75) is 38.6 Å². The zero-order valence-corrected chi connectivity index (χ0v) is 10.7. The topological polar surface area (TPSA) is 42.0 Å². The maximum Gasteiger partial charge on any atom is 0.253 e. The van der Waals surface area contributed by atoms with Crippen LogP contribution in [-0.4, -0.2) is 16.9 Å². The molecule has 1 aliphatic carbocycles. The van der Waals surface area contributed by atoms with Crippen LogP contribution < -0.4 is 5.32 Å². The fourth-order valence-electron chi connectivity index (χ4n) is 1.91. The lowest BCUT2D eigenvalue weighted by atomic mass is 10.1. The van der Waals surface area contributed by atoms with Gasteiger partial charge in [0.15, 0.2) is 0 Å². The van der Waals surface area contributed by atoms with Crippen molar-refractivity contribution in [2.75, 3.05) is 0 Å². The van der Waals surface area contributed by atoms with Gasteiger partial charge < -0.3 is 5.32 Å². The fraction of sp³-hybridized carbons (Fsp3) is 0.538. The predicted molar refractivity (Wildman–Crippen MR) is 68.1 cm³/mol. The molecule has 17 heavy (non-hydrogen) atoms. The molecule has 1 aromatic rings. The molecular weight excluding hydrogens is 236 g/mol. The van der Waals surface area contributed by atoms with Crippen LogP contribution in [0.25, 0.3) is 0 Å². The summed E-state index contributed by atoms with van der Waals surface area (Å²) in [6, 6.07) is 1.92. The number of nitrogens with one attached hydrogen (secondary N) is 1. The normalized spacial score (nSPS) is 16.6. The molecule has 1 unspecified atom stereocenters. The van der Waals surface area contributed by atoms with E-state index >= 15 is 0 Å². The number of rotatable bonds is 5. The third-order valence-corrected chi connectivity index (χ3v) is 3.46. The average Bonchev–Trinajstić information content (AvgIpc) is 3.12. The van der Waals surface area contributed by atoms with Crippen LogP contribution in [0.4, 0.5) is 0 Å². The average molecular weight is 253 g/mol. The van der Waals surface area contributed by atoms with E-state index < -0.39 is 0 Å². The van der Waals surface area contributed by atoms with Crippen molar-refractivity contribution >= 4 is 17.5 Å². The summed E-state index contributed by atoms with van der Waals surface area (Å²) < 4.78 is 0. The number of hydrogen-bond acceptors (Lipinski definition) is 2. The lowest BCUT2D eigenvalue weighted by Gasteiger charge is -2.16. The number of nitrogens with zero attached hydrogens (tertiary/aromatic N) is 1. The molecule has 1 saturated carbocycles. The van der Waals surface area contributed by atoms with Crippen LogP contribution in [0.1, 0.15) is 43.0 Å². The molecule has 0 spiro atoms. The molecule has 3 nitrogen and oxygen atoms in total. The van der Waals surface area contributed by atoms with Gasteiger partial charge in [0.25, 0.3) is 5.91 Å². The molecule has 1 N–H and O–H groups in total. The van der Waals surface area contributed by atoms with Crippen LogP contribution in [0.5, 0.6) is 0 Å². The van der Waals surface area contributed by atoms with Crippen molar-refractivity contribution < 1.29 is 4.79 Å². The van der Waals surface area contributed by atoms with Crippen molar-refractivity contribution in [1.82, 2.24) is 10.3 Å². The first-order chi connectivity index (χ1) is 8.20. The molecular formula is C13H17ClN2O. The highest BCUT2D eigenvalue weighted by atomic mass is 35.5. The first-order valence-electron chi connectivity index (χ1n) is 6.11. The summed E-state index contributed by atoms with van der Waals surface area (Å²) in [5.74, 6) is 0.720. The summed E-state index contributed by atoms with van der Waals surface area (Å²) >= 11 is 5.94. The molecule has 0 radical (unpaired) electrons. The third kappa shape index (κ3) is 3.43. The minimum Gasteiger partial charge on any atom is -0.349 e. The maximum absolute atomic E-state index is 12.0. The van der Waals surface area contributed by atoms with Crippen LogP contribution in [0.3, 0.4) is 0 Å². The monoisotopic (exact) mass is 252 g/mol. The van der Waals surface area contributed by atoms with E-state index in [0.717, 1.165) is 18.8 Å². The summed E-state index contributed by atoms with van der Waals surface area (Å²) in [5, 5.41) is 3.45. The second-order valence-electron chi connectivity index (χ2n) is 4.61. The van der Waals surface area contributed by atoms with Gasteiger partial charge in [-0.05, 0) is 24.8 Å². The number of hydrogen-bond donors (Lipinski definition) is 1. The van der Waals surface area contributed by atoms with E-state index in [9.17, 15) is 4.79 Å². The highest BCUT2D eigenvalue weighted by molar-refractivity contribution is 6.33. The Morgan fingerprint density at radius 1 is 1.65 bits per heavy atom. The third-order valence-electron chi connectivity index (χ3n) is 3.16. The lowest BCUT2D eigenvalue weighted by molar-refractivity contribution is 0.0932. The van der Waals surface area contributed by atoms with E-state index in [0.29, 0.717) is 10.6 Å². The second kappa shape index (κ2) is 5.50. The van der Waals surface area contributed by atoms with E-state index in [4.69, 9.17) is 11.6 Å². The standard InChI is InChI=1S/C13H17ClN2O/c1-2-10(7-9-3-4-9)16-13(17)11-5-6-15-8-12(11)14/h5-6,8-10H,2-4,7H2,1H3,(H,16,17). The predicted octanol–water partition coefficient (Wildman–Crippen LogP) is 3.04. The number of halogens is 1. The van der Waals surface area contributed by atoms with E-state index in [1.165, 1.54) is 19.0 Å². The number of aromatic nitrogens is 1. The number of pyridine rings is 1. The van der Waals surface area contributed by atoms with E-state index in [1.807, 2.05) is 0 Å². The van der Waals surface area contributed by atoms with E-state index in [2.05, 4.69) is 17.2 Å². The Labute approximate surface area is 107 Å². The Bertz CT molecular complexity index is 404. The molecule has 0 bridgehead atoms. The summed E-state index contributed by atoms with van der Waals surface area (Å²) in [7, 11) is 0. The Kier molecular flexibility index (Phi) is 4.00. The highest BCUT2D eigenvalue weighted by Gasteiger charge is 2.25. The maximum atomic E-state index is 12.0. The first-order valence-corrected chi connectivity index (χ1v) is 6.49. The largest absolute Gasteiger partial charge is 0.349 e. The second-order valence-corrected chi connectivity index (χ2v) is 5.02. The smallest absolute Gasteiger partial charge is 0.253 e. The molecule has 1 aromatic heterocycles. The van der Waals surface area contributed by atoms with Crippen LogP contribution in [0.15, 0.2) is 18.5 Å². The highest BCUT2D eigenvalue weighted by Crippen LogP contribution is 2.34. The van der Waals surface area contributed by atoms with Gasteiger partial charge in [0.2, 0.25) is 0 Å². The van der Waals surface area contributed by atoms with Crippen molar-refractivity contribution in [1.29, 1.82) is 0 Å². The molecule has 1 amide bonds. The summed E-state index contributed by atoms with van der Waals surface area (Å²) in [5.41, 5.74) is 0.510. The minimum atomic E-state index is -0.0927. The van der Waals surface area contributed by atoms with Gasteiger partial charge in [-0.1, -0.05) is 31.4 Å². The minimum absolute atomic E-state index is 0.0927. The van der Waals surface area contributed by atoms with Gasteiger partial charge in [-0.25, -0.2) is 0 Å². The molecule has 4 heteroatoms. The van der Waals surface area contributed by atoms with Gasteiger partial charge >= 0.3 is 0 Å². The zero-order chi connectivity index (χ0) is 12.3. The molecule has 1 heterocycles. The van der Waals surface area contributed by atoms with Crippen LogP contribution in [0.2, 0.25) is 5.02 Å². The van der Waals surface area contributed by atoms with Gasteiger partial charge in [0.1, 0.15) is 0 Å². The van der Waals surface area contributed by atoms with Crippen molar-refractivity contribution in [3.8, 4) is 0 Å². The van der Waals surface area contributed by atoms with Gasteiger partial charge in [-0.2, -0.15) is 0 Å². The van der Waals surface area contributed by atoms with Gasteiger partial charge in [0, 0.05) is 18.4 Å². The molecule has 1 fully saturated rings. The Morgan fingerprint density at radius 2 is 2.41 bits per heavy atom. The van der Waals surface area contributed by atoms with E-state index in [-0.39, 0.29) is 11.9 Å². The lowest BCUT2D eigenvalue weighted by Crippen LogP contribution is -2.34. The first kappa shape index (κ1) is 12.4. The van der Waals surface area contributed by atoms with E-state index in [1.54, 1.807) is 12.3 Å². The van der Waals surface area contributed by atoms with Gasteiger partial charge in [-0.15, -0.1) is 0 Å². The van der Waals surface area contributed by atoms with Crippen LogP contribution in [0, 0.1) is 5.92 Å². The zero-order valence-electron chi connectivity index (χ0n) is 9.95. The molecule has 1 atom stereocenters. The quantitative estimate of drug-likeness (QED) is 0.875. The summed E-state index contributed by atoms with van der Waals surface area (Å²) in [6.07, 6.45) is 7.75. The molecule has 0 aromatic carbocycles. The van der Waals surface area contributed by atoms with Crippen molar-refractivity contribution in [3.63, 3.8) is 0 Å². The molecule has 1 aliphatic rings. The number of amides is 1. The number of carbonyl (C=O) groups is 1. The number of carbonyl (C=O) groups excluding carboxylic acids is 1. The van der Waals surface area contributed by atoms with Gasteiger partial charge in [-0.3, -0.25) is 9.78 Å². The van der Waals surface area contributed by atoms with Crippen LogP contribution in [-0.2, 0) is 0 Å². The summed E-state index contributed by atoms with van der Waals surface area (Å²) in [6.45, 7) is 2.10. The van der Waals surface area contributed by atoms with Crippen molar-refractivity contribution in [2.24, 2.45) is 5.92 Å². The van der Waals surface area contributed by atoms with Crippen LogP contribution >= 0.6 is 11.6 Å². The SMILES string of the molecule is CCC(CC1CC1)NC(=O)c1ccncc1Cl. The Hall–Kier alpha value is -1.09. The molecule has 92 valence electrons. The fourth-order valence-corrected chi connectivity index (χ4v) is 2.11. The summed E-state index contributed by atoms with van der Waals surface area (Å²) in [4.78, 5) is 15.9. The molecule has 2 rings (SSSR count). The molecule has 0 aliphatic heterocycles. The van der Waals surface area contributed by atoms with Gasteiger partial charge in [0.05, 0.1) is 10.6 Å². The molecule has 0 saturated heterocycles. The Balaban J connectivity index is 1.97. The Morgan fingerprint density at radius 3 is 3.00 bits per heavy atom. The van der Waals surface area contributed by atoms with Crippen molar-refractivity contribution in [3.05, 3.63) is 29.0 Å².